The predicted octanol–water partition coefficient (Wildman–Crippen LogP) is 5.26. The Bertz CT molecular complexity index is 1530. The standard InChI is InChI=1S/C31H33F5N2O8/c1-3-41-27(40)29(14-37)8-6-16(7-9-29)21-12-20(18-5-4-17(10-22(18)43-21)44-30(32,33)34)38-26(39)28(2)15-42-23-13-25-24(11-19(23)28)45-31(35,36)46-25/h4-5,10-11,13,16,20-21H,3,6-9,12,14-15,37H2,1-2H3,(H,38,39)/t16?,20-,21-,28+,29?/m1/s1. The number of hydrogen-bond acceptors (Lipinski definition) is 9. The van der Waals surface area contributed by atoms with Crippen molar-refractivity contribution in [1.29, 1.82) is 0 Å². The van der Waals surface area contributed by atoms with E-state index in [4.69, 9.17) is 19.9 Å². The Morgan fingerprint density at radius 2 is 1.74 bits per heavy atom. The molecule has 1 saturated carbocycles. The summed E-state index contributed by atoms with van der Waals surface area (Å²) in [6.07, 6.45) is -7.10. The number of nitrogens with one attached hydrogen (secondary N) is 1. The van der Waals surface area contributed by atoms with Gasteiger partial charge in [-0.3, -0.25) is 9.59 Å². The molecule has 2 aromatic carbocycles. The molecule has 10 nitrogen and oxygen atoms in total. The van der Waals surface area contributed by atoms with Gasteiger partial charge in [0.25, 0.3) is 0 Å². The number of esters is 1. The number of nitrogens with two attached hydrogens (primary N) is 1. The summed E-state index contributed by atoms with van der Waals surface area (Å²) in [5.41, 5.74) is 4.59. The highest BCUT2D eigenvalue weighted by molar-refractivity contribution is 5.90. The molecule has 0 spiro atoms. The molecule has 1 aliphatic carbocycles. The van der Waals surface area contributed by atoms with E-state index in [1.165, 1.54) is 18.2 Å². The number of halogens is 5. The minimum absolute atomic E-state index is 0.108. The summed E-state index contributed by atoms with van der Waals surface area (Å²) < 4.78 is 96.9. The third-order valence-corrected chi connectivity index (χ3v) is 9.37. The van der Waals surface area contributed by atoms with E-state index >= 15 is 0 Å². The van der Waals surface area contributed by atoms with Crippen LogP contribution in [0, 0.1) is 11.3 Å². The molecule has 0 bridgehead atoms. The van der Waals surface area contributed by atoms with Crippen molar-refractivity contribution >= 4 is 11.9 Å². The van der Waals surface area contributed by atoms with E-state index in [1.54, 1.807) is 13.8 Å². The SMILES string of the molecule is CCOC(=O)C1(CN)CCC([C@H]2C[C@@H](NC(=O)[C@@]3(C)COc4cc5c(cc43)OC(F)(F)O5)c3ccc(OC(F)(F)F)cc3O2)CC1. The molecule has 3 heterocycles. The first-order chi connectivity index (χ1) is 21.6. The smallest absolute Gasteiger partial charge is 0.492 e. The van der Waals surface area contributed by atoms with Crippen LogP contribution in [0.3, 0.4) is 0 Å². The van der Waals surface area contributed by atoms with Crippen molar-refractivity contribution in [2.45, 2.75) is 76.2 Å². The second-order valence-electron chi connectivity index (χ2n) is 12.3. The van der Waals surface area contributed by atoms with Crippen LogP contribution in [0.1, 0.15) is 63.1 Å². The van der Waals surface area contributed by atoms with Crippen LogP contribution in [0.2, 0.25) is 0 Å². The van der Waals surface area contributed by atoms with Crippen molar-refractivity contribution in [3.05, 3.63) is 41.5 Å². The summed E-state index contributed by atoms with van der Waals surface area (Å²) in [4.78, 5) is 26.7. The van der Waals surface area contributed by atoms with E-state index < -0.39 is 47.3 Å². The van der Waals surface area contributed by atoms with Gasteiger partial charge in [-0.15, -0.1) is 22.0 Å². The molecule has 1 fully saturated rings. The highest BCUT2D eigenvalue weighted by Gasteiger charge is 2.50. The summed E-state index contributed by atoms with van der Waals surface area (Å²) >= 11 is 0. The quantitative estimate of drug-likeness (QED) is 0.303. The summed E-state index contributed by atoms with van der Waals surface area (Å²) in [6, 6.07) is 5.51. The molecule has 6 rings (SSSR count). The molecule has 2 aromatic rings. The van der Waals surface area contributed by atoms with Crippen molar-refractivity contribution in [2.75, 3.05) is 19.8 Å². The van der Waals surface area contributed by atoms with Crippen LogP contribution in [-0.4, -0.2) is 50.4 Å². The van der Waals surface area contributed by atoms with Gasteiger partial charge in [0, 0.05) is 36.2 Å². The van der Waals surface area contributed by atoms with Gasteiger partial charge in [-0.25, -0.2) is 0 Å². The van der Waals surface area contributed by atoms with Crippen LogP contribution in [0.15, 0.2) is 30.3 Å². The number of benzene rings is 2. The number of ether oxygens (including phenoxy) is 6. The van der Waals surface area contributed by atoms with Gasteiger partial charge >= 0.3 is 18.6 Å². The number of carbonyl (C=O) groups is 2. The highest BCUT2D eigenvalue weighted by Crippen LogP contribution is 2.51. The summed E-state index contributed by atoms with van der Waals surface area (Å²) in [7, 11) is 0. The predicted molar refractivity (Wildman–Crippen MR) is 149 cm³/mol. The minimum Gasteiger partial charge on any atom is -0.492 e. The molecule has 250 valence electrons. The molecule has 0 unspecified atom stereocenters. The Morgan fingerprint density at radius 3 is 2.39 bits per heavy atom. The first-order valence-electron chi connectivity index (χ1n) is 15.0. The lowest BCUT2D eigenvalue weighted by Gasteiger charge is -2.42. The fraction of sp³-hybridized carbons (Fsp3) is 0.548. The number of alkyl halides is 5. The monoisotopic (exact) mass is 656 g/mol. The second-order valence-corrected chi connectivity index (χ2v) is 12.3. The highest BCUT2D eigenvalue weighted by atomic mass is 19.4. The fourth-order valence-corrected chi connectivity index (χ4v) is 6.77. The molecular formula is C31H33F5N2O8. The zero-order valence-corrected chi connectivity index (χ0v) is 25.0. The van der Waals surface area contributed by atoms with Gasteiger partial charge in [0.1, 0.15) is 35.4 Å². The third-order valence-electron chi connectivity index (χ3n) is 9.37. The van der Waals surface area contributed by atoms with Crippen LogP contribution >= 0.6 is 0 Å². The van der Waals surface area contributed by atoms with Gasteiger partial charge in [-0.1, -0.05) is 0 Å². The Morgan fingerprint density at radius 1 is 1.04 bits per heavy atom. The molecular weight excluding hydrogens is 623 g/mol. The van der Waals surface area contributed by atoms with Crippen molar-refractivity contribution in [1.82, 2.24) is 5.32 Å². The van der Waals surface area contributed by atoms with E-state index in [-0.39, 0.29) is 61.1 Å². The first kappa shape index (κ1) is 32.0. The van der Waals surface area contributed by atoms with E-state index in [0.29, 0.717) is 36.8 Å². The van der Waals surface area contributed by atoms with Crippen LogP contribution in [0.5, 0.6) is 28.7 Å². The minimum atomic E-state index is -4.93. The van der Waals surface area contributed by atoms with Gasteiger partial charge < -0.3 is 39.5 Å². The normalized spacial score (nSPS) is 29.1. The molecule has 15 heteroatoms. The van der Waals surface area contributed by atoms with Crippen molar-refractivity contribution in [3.8, 4) is 28.7 Å². The lowest BCUT2D eigenvalue weighted by Crippen LogP contribution is -2.48. The number of rotatable bonds is 7. The first-order valence-corrected chi connectivity index (χ1v) is 15.0. The van der Waals surface area contributed by atoms with E-state index in [2.05, 4.69) is 19.5 Å². The van der Waals surface area contributed by atoms with Gasteiger partial charge in [-0.05, 0) is 63.6 Å². The maximum absolute atomic E-state index is 13.9. The molecule has 3 atom stereocenters. The zero-order valence-electron chi connectivity index (χ0n) is 25.0. The second kappa shape index (κ2) is 11.4. The van der Waals surface area contributed by atoms with Gasteiger partial charge in [0.15, 0.2) is 11.5 Å². The van der Waals surface area contributed by atoms with Crippen LogP contribution in [0.4, 0.5) is 22.0 Å². The van der Waals surface area contributed by atoms with E-state index in [1.807, 2.05) is 0 Å². The topological polar surface area (TPSA) is 128 Å². The van der Waals surface area contributed by atoms with Crippen LogP contribution in [-0.2, 0) is 19.7 Å². The van der Waals surface area contributed by atoms with E-state index in [0.717, 1.165) is 12.1 Å². The van der Waals surface area contributed by atoms with Gasteiger partial charge in [0.05, 0.1) is 18.1 Å². The largest absolute Gasteiger partial charge is 0.586 e. The molecule has 3 N–H and O–H groups in total. The van der Waals surface area contributed by atoms with Crippen molar-refractivity contribution < 1.29 is 60.0 Å². The maximum Gasteiger partial charge on any atom is 0.586 e. The number of amides is 1. The number of hydrogen-bond donors (Lipinski definition) is 2. The molecule has 4 aliphatic rings. The average Bonchev–Trinajstić information content (AvgIpc) is 3.49. The number of carbonyl (C=O) groups excluding carboxylic acids is 2. The van der Waals surface area contributed by atoms with Crippen LogP contribution in [0.25, 0.3) is 0 Å². The maximum atomic E-state index is 13.9. The molecule has 46 heavy (non-hydrogen) atoms. The molecule has 0 radical (unpaired) electrons. The zero-order chi connectivity index (χ0) is 33.1. The molecule has 0 saturated heterocycles. The molecule has 0 aromatic heterocycles. The van der Waals surface area contributed by atoms with Crippen LogP contribution < -0.4 is 34.7 Å². The third kappa shape index (κ3) is 5.84. The molecule has 3 aliphatic heterocycles. The molecule has 1 amide bonds. The lowest BCUT2D eigenvalue weighted by molar-refractivity contribution is -0.286. The summed E-state index contributed by atoms with van der Waals surface area (Å²) in [6.45, 7) is 3.54. The summed E-state index contributed by atoms with van der Waals surface area (Å²) in [5, 5.41) is 3.01. The van der Waals surface area contributed by atoms with Gasteiger partial charge in [0.2, 0.25) is 5.91 Å². The summed E-state index contributed by atoms with van der Waals surface area (Å²) in [5.74, 6) is -1.62. The fourth-order valence-electron chi connectivity index (χ4n) is 6.77. The Balaban J connectivity index is 1.26. The van der Waals surface area contributed by atoms with E-state index in [9.17, 15) is 31.5 Å². The number of fused-ring (bicyclic) bond motifs is 3. The van der Waals surface area contributed by atoms with Gasteiger partial charge in [-0.2, -0.15) is 0 Å². The Hall–Kier alpha value is -4.01. The van der Waals surface area contributed by atoms with Crippen molar-refractivity contribution in [2.24, 2.45) is 17.1 Å². The Kier molecular flexibility index (Phi) is 7.88. The Labute approximate surface area is 260 Å². The lowest BCUT2D eigenvalue weighted by atomic mass is 9.68. The average molecular weight is 657 g/mol. The van der Waals surface area contributed by atoms with Crippen molar-refractivity contribution in [3.63, 3.8) is 0 Å².